The van der Waals surface area contributed by atoms with Gasteiger partial charge >= 0.3 is 0 Å². The molecule has 0 radical (unpaired) electrons. The molecule has 1 fully saturated rings. The second-order valence-corrected chi connectivity index (χ2v) is 14.4. The maximum atomic E-state index is 13.2. The molecule has 0 spiro atoms. The normalized spacial score (nSPS) is 20.0. The van der Waals surface area contributed by atoms with Crippen LogP contribution >= 0.6 is 0 Å². The maximum absolute atomic E-state index is 13.2. The molecule has 0 saturated carbocycles. The van der Waals surface area contributed by atoms with Crippen LogP contribution in [0.2, 0.25) is 0 Å². The summed E-state index contributed by atoms with van der Waals surface area (Å²) in [6.45, 7) is 2.66. The number of fused-ring (bicyclic) bond motifs is 2. The third-order valence-corrected chi connectivity index (χ3v) is 9.70. The highest BCUT2D eigenvalue weighted by molar-refractivity contribution is 5.89. The number of aliphatic hydroxyl groups excluding tert-OH is 7. The largest absolute Gasteiger partial charge is 0.508 e. The molecular weight excluding hydrogens is 872 g/mol. The van der Waals surface area contributed by atoms with Gasteiger partial charge in [0.15, 0.2) is 40.8 Å². The predicted octanol–water partition coefficient (Wildman–Crippen LogP) is 0.125. The number of phenolic OH excluding ortho intramolecular Hbond substituents is 8. The average Bonchev–Trinajstić information content (AvgIpc) is 3.25. The zero-order chi connectivity index (χ0) is 48.3. The summed E-state index contributed by atoms with van der Waals surface area (Å²) in [4.78, 5) is 35.2. The Morgan fingerprint density at radius 1 is 0.585 bits per heavy atom. The number of benzene rings is 4. The smallest absolute Gasteiger partial charge is 0.239 e. The monoisotopic (exact) mass is 914 g/mol. The summed E-state index contributed by atoms with van der Waals surface area (Å²) in [6.07, 6.45) is -13.2. The number of phenols is 8. The van der Waals surface area contributed by atoms with Gasteiger partial charge in [0.1, 0.15) is 81.6 Å². The van der Waals surface area contributed by atoms with Crippen molar-refractivity contribution in [1.82, 2.24) is 0 Å². The Hall–Kier alpha value is -7.35. The summed E-state index contributed by atoms with van der Waals surface area (Å²) in [5.41, 5.74) is -1.94. The molecule has 1 aliphatic rings. The van der Waals surface area contributed by atoms with Crippen LogP contribution in [0.3, 0.4) is 0 Å². The van der Waals surface area contributed by atoms with Crippen LogP contribution in [0.25, 0.3) is 44.6 Å². The van der Waals surface area contributed by atoms with Crippen molar-refractivity contribution in [3.8, 4) is 80.1 Å². The van der Waals surface area contributed by atoms with Crippen molar-refractivity contribution < 1.29 is 105 Å². The molecule has 4 aromatic carbocycles. The lowest BCUT2D eigenvalue weighted by molar-refractivity contribution is -0.268. The summed E-state index contributed by atoms with van der Waals surface area (Å²) in [5, 5.41) is 152. The minimum atomic E-state index is -1.74. The van der Waals surface area contributed by atoms with Crippen molar-refractivity contribution >= 4 is 28.2 Å². The van der Waals surface area contributed by atoms with Crippen molar-refractivity contribution in [2.24, 2.45) is 0 Å². The number of aliphatic hydroxyl groups is 7. The molecular formula is C42H42O23. The van der Waals surface area contributed by atoms with Crippen molar-refractivity contribution in [2.45, 2.75) is 69.0 Å². The van der Waals surface area contributed by atoms with E-state index in [1.54, 1.807) is 0 Å². The number of hydrogen-bond acceptors (Lipinski definition) is 23. The standard InChI is InChI=1S/C21H20O11.C15H10O7.C6H12O5/c1-7-15(26)17(28)18(29)21(30-7)32-20-16(27)14-12(25)5-9(22)6-13(14)31-19(20)8-2-3-10(23)11(24)4-8;16-7-4-10(19)12-11(5-7)22-15(14(21)13(12)20)6-1-2-8(17)9(18)3-6;1-3(8)5(10)6(11)4(9)2-7/h2-7,15,17-18,21-26,28-29H,1H3;1-5,16-19,21H;2-6,8-11H,1H3/t7-,15-,17+,18+,21-;;3-,4-,5-,6-/m0.0/s1. The first-order valence-corrected chi connectivity index (χ1v) is 18.8. The van der Waals surface area contributed by atoms with Crippen LogP contribution in [0, 0.1) is 0 Å². The molecule has 65 heavy (non-hydrogen) atoms. The Bertz CT molecular complexity index is 2820. The van der Waals surface area contributed by atoms with E-state index < -0.39 is 106 Å². The number of carbonyl (C=O) groups is 1. The van der Waals surface area contributed by atoms with Crippen molar-refractivity contribution in [1.29, 1.82) is 0 Å². The van der Waals surface area contributed by atoms with Gasteiger partial charge in [-0.25, -0.2) is 0 Å². The molecule has 348 valence electrons. The number of aldehydes is 1. The van der Waals surface area contributed by atoms with Crippen molar-refractivity contribution in [3.63, 3.8) is 0 Å². The van der Waals surface area contributed by atoms with Gasteiger partial charge < -0.3 is 105 Å². The fourth-order valence-corrected chi connectivity index (χ4v) is 6.16. The fraction of sp³-hybridized carbons (Fsp3) is 0.262. The van der Waals surface area contributed by atoms with Gasteiger partial charge in [-0.05, 0) is 50.2 Å². The predicted molar refractivity (Wildman–Crippen MR) is 220 cm³/mol. The second-order valence-electron chi connectivity index (χ2n) is 14.4. The van der Waals surface area contributed by atoms with E-state index in [0.717, 1.165) is 48.5 Å². The molecule has 0 aliphatic carbocycles. The average molecular weight is 915 g/mol. The van der Waals surface area contributed by atoms with Gasteiger partial charge in [-0.3, -0.25) is 9.59 Å². The Balaban J connectivity index is 0.000000207. The van der Waals surface area contributed by atoms with Gasteiger partial charge in [-0.15, -0.1) is 0 Å². The van der Waals surface area contributed by atoms with E-state index in [9.17, 15) is 75.7 Å². The summed E-state index contributed by atoms with van der Waals surface area (Å²) in [6, 6.07) is 11.2. The molecule has 1 saturated heterocycles. The highest BCUT2D eigenvalue weighted by Gasteiger charge is 2.44. The minimum absolute atomic E-state index is 0.0658. The first-order valence-electron chi connectivity index (χ1n) is 18.8. The maximum Gasteiger partial charge on any atom is 0.239 e. The van der Waals surface area contributed by atoms with E-state index >= 15 is 0 Å². The Labute approximate surface area is 362 Å². The van der Waals surface area contributed by atoms with Gasteiger partial charge in [0, 0.05) is 35.4 Å². The summed E-state index contributed by atoms with van der Waals surface area (Å²) in [5.74, 6) is -5.51. The molecule has 7 rings (SSSR count). The van der Waals surface area contributed by atoms with Crippen LogP contribution in [0.15, 0.2) is 79.1 Å². The molecule has 9 atom stereocenters. The molecule has 16 N–H and O–H groups in total. The third kappa shape index (κ3) is 10.2. The lowest BCUT2D eigenvalue weighted by atomic mass is 10.00. The van der Waals surface area contributed by atoms with E-state index in [-0.39, 0.29) is 68.1 Å². The van der Waals surface area contributed by atoms with Gasteiger partial charge in [0.25, 0.3) is 0 Å². The molecule has 1 aliphatic heterocycles. The molecule has 0 bridgehead atoms. The topological polar surface area (TPSA) is 420 Å². The first-order chi connectivity index (χ1) is 30.5. The van der Waals surface area contributed by atoms with E-state index in [2.05, 4.69) is 0 Å². The lowest BCUT2D eigenvalue weighted by Gasteiger charge is -2.38. The zero-order valence-corrected chi connectivity index (χ0v) is 33.6. The molecule has 23 heteroatoms. The third-order valence-electron chi connectivity index (χ3n) is 9.70. The van der Waals surface area contributed by atoms with E-state index in [4.69, 9.17) is 38.7 Å². The summed E-state index contributed by atoms with van der Waals surface area (Å²) < 4.78 is 22.0. The number of aromatic hydroxyl groups is 9. The Kier molecular flexibility index (Phi) is 14.7. The summed E-state index contributed by atoms with van der Waals surface area (Å²) >= 11 is 0. The second kappa shape index (κ2) is 19.6. The van der Waals surface area contributed by atoms with E-state index in [1.807, 2.05) is 0 Å². The van der Waals surface area contributed by atoms with Gasteiger partial charge in [-0.1, -0.05) is 0 Å². The van der Waals surface area contributed by atoms with Crippen LogP contribution in [0.1, 0.15) is 13.8 Å². The summed E-state index contributed by atoms with van der Waals surface area (Å²) in [7, 11) is 0. The number of hydrogen-bond donors (Lipinski definition) is 16. The Morgan fingerprint density at radius 2 is 1.06 bits per heavy atom. The number of carbonyl (C=O) groups excluding carboxylic acids is 1. The van der Waals surface area contributed by atoms with Gasteiger partial charge in [0.2, 0.25) is 28.6 Å². The van der Waals surface area contributed by atoms with Crippen LogP contribution in [-0.2, 0) is 9.53 Å². The van der Waals surface area contributed by atoms with Crippen LogP contribution < -0.4 is 15.6 Å². The molecule has 0 amide bonds. The number of ether oxygens (including phenoxy) is 2. The SMILES string of the molecule is C[C@@H]1O[C@@H](Oc2c(-c3ccc(O)c(O)c3)oc3cc(O)cc(O)c3c2=O)[C@H](O)[C@H](O)[C@H]1O.C[C@H](O)[C@H](O)[C@@H](O)[C@@H](O)C=O.O=c1c(O)c(-c2ccc(O)c(O)c2)oc2cc(O)cc(O)c12. The quantitative estimate of drug-likeness (QED) is 0.0712. The molecule has 3 heterocycles. The van der Waals surface area contributed by atoms with Crippen LogP contribution in [0.4, 0.5) is 0 Å². The molecule has 6 aromatic rings. The van der Waals surface area contributed by atoms with Crippen LogP contribution in [-0.4, -0.2) is 143 Å². The fourth-order valence-electron chi connectivity index (χ4n) is 6.16. The Morgan fingerprint density at radius 3 is 1.54 bits per heavy atom. The van der Waals surface area contributed by atoms with Gasteiger partial charge in [-0.2, -0.15) is 0 Å². The van der Waals surface area contributed by atoms with Gasteiger partial charge in [0.05, 0.1) is 12.2 Å². The molecule has 23 nitrogen and oxygen atoms in total. The van der Waals surface area contributed by atoms with Crippen LogP contribution in [0.5, 0.6) is 57.5 Å². The highest BCUT2D eigenvalue weighted by atomic mass is 16.7. The van der Waals surface area contributed by atoms with Crippen molar-refractivity contribution in [3.05, 3.63) is 81.1 Å². The highest BCUT2D eigenvalue weighted by Crippen LogP contribution is 2.40. The lowest BCUT2D eigenvalue weighted by Crippen LogP contribution is -2.58. The van der Waals surface area contributed by atoms with E-state index in [0.29, 0.717) is 0 Å². The first kappa shape index (κ1) is 48.7. The zero-order valence-electron chi connectivity index (χ0n) is 33.6. The molecule has 2 aromatic heterocycles. The number of rotatable bonds is 8. The minimum Gasteiger partial charge on any atom is -0.508 e. The van der Waals surface area contributed by atoms with E-state index in [1.165, 1.54) is 26.0 Å². The van der Waals surface area contributed by atoms with Crippen molar-refractivity contribution in [2.75, 3.05) is 0 Å². The molecule has 0 unspecified atom stereocenters.